The van der Waals surface area contributed by atoms with Gasteiger partial charge in [0.15, 0.2) is 5.65 Å². The number of fused-ring (bicyclic) bond motifs is 1. The monoisotopic (exact) mass is 591 g/mol. The van der Waals surface area contributed by atoms with Gasteiger partial charge in [0.25, 0.3) is 0 Å². The Morgan fingerprint density at radius 1 is 1.05 bits per heavy atom. The second-order valence-corrected chi connectivity index (χ2v) is 11.6. The molecule has 5 nitrogen and oxygen atoms in total. The molecular weight excluding hydrogens is 558 g/mol. The first-order chi connectivity index (χ1) is 19.6. The number of allylic oxidation sites excluding steroid dienone is 4. The zero-order valence-electron chi connectivity index (χ0n) is 22.9. The van der Waals surface area contributed by atoms with Crippen LogP contribution in [0.2, 0.25) is 0 Å². The summed E-state index contributed by atoms with van der Waals surface area (Å²) in [4.78, 5) is 7.47. The fourth-order valence-corrected chi connectivity index (χ4v) is 5.82. The molecule has 40 heavy (non-hydrogen) atoms. The smallest absolute Gasteiger partial charge is 0.172 e. The second-order valence-electron chi connectivity index (χ2n) is 10.8. The van der Waals surface area contributed by atoms with Crippen LogP contribution in [-0.2, 0) is 6.54 Å². The summed E-state index contributed by atoms with van der Waals surface area (Å²) in [5.41, 5.74) is 6.60. The van der Waals surface area contributed by atoms with Crippen LogP contribution >= 0.6 is 15.9 Å². The zero-order chi connectivity index (χ0) is 27.3. The number of benzene rings is 2. The maximum Gasteiger partial charge on any atom is 0.172 e. The summed E-state index contributed by atoms with van der Waals surface area (Å²) in [5, 5.41) is 8.27. The molecule has 1 unspecified atom stereocenters. The molecule has 202 valence electrons. The molecule has 1 aliphatic carbocycles. The minimum Gasteiger partial charge on any atom is -0.370 e. The van der Waals surface area contributed by atoms with Crippen LogP contribution in [0.4, 0.5) is 5.82 Å². The number of hydrogen-bond donors (Lipinski definition) is 1. The molecule has 0 saturated carbocycles. The molecule has 0 amide bonds. The summed E-state index contributed by atoms with van der Waals surface area (Å²) in [6.07, 6.45) is 13.7. The van der Waals surface area contributed by atoms with Crippen LogP contribution in [0.25, 0.3) is 16.9 Å². The van der Waals surface area contributed by atoms with Gasteiger partial charge in [-0.15, -0.1) is 0 Å². The van der Waals surface area contributed by atoms with Gasteiger partial charge in [0.2, 0.25) is 0 Å². The van der Waals surface area contributed by atoms with Crippen molar-refractivity contribution in [1.29, 1.82) is 0 Å². The Labute approximate surface area is 245 Å². The third-order valence-electron chi connectivity index (χ3n) is 7.87. The highest BCUT2D eigenvalue weighted by Gasteiger charge is 2.20. The summed E-state index contributed by atoms with van der Waals surface area (Å²) in [5.74, 6) is 8.66. The average Bonchev–Trinajstić information content (AvgIpc) is 3.37. The second kappa shape index (κ2) is 12.2. The predicted molar refractivity (Wildman–Crippen MR) is 167 cm³/mol. The van der Waals surface area contributed by atoms with E-state index in [1.807, 2.05) is 10.7 Å². The normalized spacial score (nSPS) is 17.6. The first-order valence-electron chi connectivity index (χ1n) is 14.1. The molecule has 2 aromatic carbocycles. The fraction of sp³-hybridized carbons (Fsp3) is 0.294. The van der Waals surface area contributed by atoms with Crippen molar-refractivity contribution in [1.82, 2.24) is 19.5 Å². The molecule has 0 spiro atoms. The van der Waals surface area contributed by atoms with Crippen molar-refractivity contribution in [2.75, 3.05) is 25.0 Å². The lowest BCUT2D eigenvalue weighted by Crippen LogP contribution is -2.35. The van der Waals surface area contributed by atoms with Crippen molar-refractivity contribution in [3.63, 3.8) is 0 Å². The standard InChI is InChI=1S/C34H34BrN5/c1-25-7-5-6-10-30(25)32-21-33(40-34(38-32)31(35)23-37-40)36-22-28-17-19-39(20-18-28)24-29-15-13-27(14-16-29)12-11-26-8-3-2-4-9-26/h2-8,10,13-16,21,23,26,28,36H,9,17-20,22,24H2,1H3. The molecule has 2 aliphatic rings. The first-order valence-corrected chi connectivity index (χ1v) is 14.9. The summed E-state index contributed by atoms with van der Waals surface area (Å²) in [7, 11) is 0. The SMILES string of the molecule is Cc1ccccc1-c1cc(NCC2CCN(Cc3ccc(C#CC4C=CC=CC4)cc3)CC2)n2ncc(Br)c2n1. The highest BCUT2D eigenvalue weighted by molar-refractivity contribution is 9.10. The van der Waals surface area contributed by atoms with E-state index in [1.54, 1.807) is 0 Å². The van der Waals surface area contributed by atoms with Crippen LogP contribution in [0.1, 0.15) is 36.0 Å². The third-order valence-corrected chi connectivity index (χ3v) is 8.43. The highest BCUT2D eigenvalue weighted by Crippen LogP contribution is 2.28. The van der Waals surface area contributed by atoms with Crippen molar-refractivity contribution in [2.45, 2.75) is 32.7 Å². The number of nitrogens with zero attached hydrogens (tertiary/aromatic N) is 4. The fourth-order valence-electron chi connectivity index (χ4n) is 5.47. The maximum atomic E-state index is 4.90. The molecule has 6 rings (SSSR count). The van der Waals surface area contributed by atoms with Crippen molar-refractivity contribution >= 4 is 27.4 Å². The van der Waals surface area contributed by atoms with E-state index >= 15 is 0 Å². The minimum atomic E-state index is 0.335. The number of rotatable bonds is 6. The van der Waals surface area contributed by atoms with Gasteiger partial charge in [-0.2, -0.15) is 9.61 Å². The molecule has 3 heterocycles. The van der Waals surface area contributed by atoms with Crippen LogP contribution in [0.3, 0.4) is 0 Å². The minimum absolute atomic E-state index is 0.335. The number of halogens is 1. The van der Waals surface area contributed by atoms with Crippen LogP contribution in [0.5, 0.6) is 0 Å². The van der Waals surface area contributed by atoms with Crippen LogP contribution in [0.15, 0.2) is 89.6 Å². The van der Waals surface area contributed by atoms with Crippen molar-refractivity contribution in [3.05, 3.63) is 106 Å². The number of aromatic nitrogens is 3. The van der Waals surface area contributed by atoms with E-state index in [4.69, 9.17) is 4.98 Å². The molecule has 1 N–H and O–H groups in total. The van der Waals surface area contributed by atoms with Crippen LogP contribution in [-0.4, -0.2) is 39.1 Å². The van der Waals surface area contributed by atoms with E-state index in [-0.39, 0.29) is 0 Å². The lowest BCUT2D eigenvalue weighted by Gasteiger charge is -2.32. The Morgan fingerprint density at radius 2 is 1.88 bits per heavy atom. The highest BCUT2D eigenvalue weighted by atomic mass is 79.9. The Balaban J connectivity index is 1.04. The molecule has 4 aromatic rings. The summed E-state index contributed by atoms with van der Waals surface area (Å²) in [6.45, 7) is 6.28. The van der Waals surface area contributed by atoms with E-state index in [9.17, 15) is 0 Å². The van der Waals surface area contributed by atoms with Gasteiger partial charge in [0.05, 0.1) is 16.4 Å². The van der Waals surface area contributed by atoms with E-state index in [2.05, 4.69) is 129 Å². The first kappa shape index (κ1) is 26.6. The van der Waals surface area contributed by atoms with Crippen molar-refractivity contribution < 1.29 is 0 Å². The van der Waals surface area contributed by atoms with Gasteiger partial charge in [-0.3, -0.25) is 4.90 Å². The topological polar surface area (TPSA) is 45.5 Å². The molecule has 2 aromatic heterocycles. The maximum absolute atomic E-state index is 4.90. The molecular formula is C34H34BrN5. The van der Waals surface area contributed by atoms with Crippen LogP contribution in [0, 0.1) is 30.6 Å². The Bertz CT molecular complexity index is 1600. The van der Waals surface area contributed by atoms with Gasteiger partial charge in [0, 0.05) is 36.2 Å². The van der Waals surface area contributed by atoms with E-state index in [1.165, 1.54) is 24.0 Å². The van der Waals surface area contributed by atoms with Gasteiger partial charge in [-0.05, 0) is 84.4 Å². The Kier molecular flexibility index (Phi) is 8.13. The number of anilines is 1. The lowest BCUT2D eigenvalue weighted by atomic mass is 9.96. The number of aryl methyl sites for hydroxylation is 1. The van der Waals surface area contributed by atoms with Crippen molar-refractivity contribution in [3.8, 4) is 23.1 Å². The molecule has 1 aliphatic heterocycles. The van der Waals surface area contributed by atoms with Gasteiger partial charge in [-0.25, -0.2) is 4.98 Å². The molecule has 1 saturated heterocycles. The number of hydrogen-bond acceptors (Lipinski definition) is 4. The molecule has 0 radical (unpaired) electrons. The summed E-state index contributed by atoms with van der Waals surface area (Å²) < 4.78 is 2.80. The molecule has 1 fully saturated rings. The predicted octanol–water partition coefficient (Wildman–Crippen LogP) is 7.28. The zero-order valence-corrected chi connectivity index (χ0v) is 24.4. The lowest BCUT2D eigenvalue weighted by molar-refractivity contribution is 0.182. The Morgan fingerprint density at radius 3 is 2.65 bits per heavy atom. The summed E-state index contributed by atoms with van der Waals surface area (Å²) >= 11 is 3.63. The van der Waals surface area contributed by atoms with E-state index in [0.29, 0.717) is 11.8 Å². The van der Waals surface area contributed by atoms with Gasteiger partial charge in [-0.1, -0.05) is 72.5 Å². The molecule has 0 bridgehead atoms. The number of piperidine rings is 1. The number of likely N-dealkylation sites (tertiary alicyclic amines) is 1. The number of nitrogens with one attached hydrogen (secondary N) is 1. The summed E-state index contributed by atoms with van der Waals surface area (Å²) in [6, 6.07) is 19.3. The van der Waals surface area contributed by atoms with Gasteiger partial charge >= 0.3 is 0 Å². The van der Waals surface area contributed by atoms with Crippen molar-refractivity contribution in [2.24, 2.45) is 11.8 Å². The average molecular weight is 593 g/mol. The third kappa shape index (κ3) is 6.22. The quantitative estimate of drug-likeness (QED) is 0.239. The van der Waals surface area contributed by atoms with E-state index < -0.39 is 0 Å². The Hall–Kier alpha value is -3.66. The van der Waals surface area contributed by atoms with E-state index in [0.717, 1.165) is 65.4 Å². The van der Waals surface area contributed by atoms with Gasteiger partial charge in [0.1, 0.15) is 5.82 Å². The van der Waals surface area contributed by atoms with Gasteiger partial charge < -0.3 is 5.32 Å². The largest absolute Gasteiger partial charge is 0.370 e. The molecule has 6 heteroatoms. The van der Waals surface area contributed by atoms with Crippen LogP contribution < -0.4 is 5.32 Å². The molecule has 1 atom stereocenters.